The molecule has 0 amide bonds. The van der Waals surface area contributed by atoms with Crippen LogP contribution in [0, 0.1) is 0 Å². The van der Waals surface area contributed by atoms with E-state index in [-0.39, 0.29) is 0 Å². The highest BCUT2D eigenvalue weighted by Gasteiger charge is 2.20. The maximum atomic E-state index is 2.37. The Hall–Kier alpha value is -7.82. The minimum absolute atomic E-state index is 1.08. The average molecular weight is 743 g/mol. The number of benzene rings is 9. The van der Waals surface area contributed by atoms with Crippen molar-refractivity contribution in [2.45, 2.75) is 0 Å². The lowest BCUT2D eigenvalue weighted by atomic mass is 10.1. The number of hydrogen-bond acceptors (Lipinski definition) is 2. The zero-order valence-electron chi connectivity index (χ0n) is 31.7. The standard InChI is InChI=1S/C54H38N4/c1-5-17-39(18-6-1)55(45-33-35-53-49(37-45)47-25-13-15-27-51(47)57(53)41-21-9-3-10-22-41)43-29-31-44(32-30-43)56(40-19-7-2-8-20-40)46-34-36-54-50(38-46)48-26-14-16-28-52(48)58(54)42-23-11-4-12-24-42/h1-38H. The molecule has 274 valence electrons. The van der Waals surface area contributed by atoms with Crippen LogP contribution in [0.25, 0.3) is 55.0 Å². The van der Waals surface area contributed by atoms with E-state index < -0.39 is 0 Å². The Labute approximate surface area is 337 Å². The van der Waals surface area contributed by atoms with Crippen molar-refractivity contribution in [3.05, 3.63) is 231 Å². The van der Waals surface area contributed by atoms with Gasteiger partial charge in [0.2, 0.25) is 0 Å². The van der Waals surface area contributed by atoms with Crippen molar-refractivity contribution >= 4 is 77.7 Å². The first-order valence-corrected chi connectivity index (χ1v) is 19.8. The molecular formula is C54H38N4. The normalized spacial score (nSPS) is 11.4. The second kappa shape index (κ2) is 14.0. The van der Waals surface area contributed by atoms with Crippen LogP contribution in [0.1, 0.15) is 0 Å². The molecule has 0 N–H and O–H groups in total. The summed E-state index contributed by atoms with van der Waals surface area (Å²) in [4.78, 5) is 4.71. The predicted molar refractivity (Wildman–Crippen MR) is 244 cm³/mol. The highest BCUT2D eigenvalue weighted by atomic mass is 15.2. The SMILES string of the molecule is c1ccc(N(c2ccc(N(c3ccccc3)c3ccc4c(c3)c3ccccc3n4-c3ccccc3)cc2)c2ccc3c(c2)c2ccccc2n3-c2ccccc2)cc1. The van der Waals surface area contributed by atoms with Crippen LogP contribution in [0.4, 0.5) is 34.1 Å². The molecule has 0 aliphatic rings. The van der Waals surface area contributed by atoms with Crippen molar-refractivity contribution in [2.75, 3.05) is 9.80 Å². The minimum atomic E-state index is 1.08. The molecule has 2 aromatic heterocycles. The Morgan fingerprint density at radius 1 is 0.224 bits per heavy atom. The van der Waals surface area contributed by atoms with Crippen molar-refractivity contribution in [2.24, 2.45) is 0 Å². The lowest BCUT2D eigenvalue weighted by Gasteiger charge is -2.28. The Morgan fingerprint density at radius 2 is 0.517 bits per heavy atom. The maximum absolute atomic E-state index is 2.37. The van der Waals surface area contributed by atoms with Gasteiger partial charge in [0, 0.05) is 67.0 Å². The average Bonchev–Trinajstić information content (AvgIpc) is 3.81. The number of rotatable bonds is 8. The summed E-state index contributed by atoms with van der Waals surface area (Å²) in [5.41, 5.74) is 13.6. The molecular weight excluding hydrogens is 705 g/mol. The van der Waals surface area contributed by atoms with Crippen molar-refractivity contribution in [1.82, 2.24) is 9.13 Å². The van der Waals surface area contributed by atoms with E-state index in [0.29, 0.717) is 0 Å². The fraction of sp³-hybridized carbons (Fsp3) is 0. The lowest BCUT2D eigenvalue weighted by Crippen LogP contribution is -2.12. The van der Waals surface area contributed by atoms with Crippen LogP contribution in [-0.2, 0) is 0 Å². The van der Waals surface area contributed by atoms with Crippen LogP contribution in [0.2, 0.25) is 0 Å². The topological polar surface area (TPSA) is 16.3 Å². The molecule has 0 unspecified atom stereocenters. The Bertz CT molecular complexity index is 2980. The van der Waals surface area contributed by atoms with Gasteiger partial charge in [0.05, 0.1) is 22.1 Å². The van der Waals surface area contributed by atoms with E-state index in [1.807, 2.05) is 0 Å². The molecule has 0 saturated heterocycles. The second-order valence-corrected chi connectivity index (χ2v) is 14.6. The molecule has 11 rings (SSSR count). The third kappa shape index (κ3) is 5.62. The van der Waals surface area contributed by atoms with E-state index in [0.717, 1.165) is 45.5 Å². The van der Waals surface area contributed by atoms with Crippen molar-refractivity contribution in [3.8, 4) is 11.4 Å². The van der Waals surface area contributed by atoms with Gasteiger partial charge in [-0.3, -0.25) is 0 Å². The monoisotopic (exact) mass is 742 g/mol. The molecule has 9 aromatic carbocycles. The minimum Gasteiger partial charge on any atom is -0.310 e. The molecule has 0 radical (unpaired) electrons. The summed E-state index contributed by atoms with van der Waals surface area (Å²) in [7, 11) is 0. The van der Waals surface area contributed by atoms with Gasteiger partial charge in [-0.15, -0.1) is 0 Å². The van der Waals surface area contributed by atoms with Gasteiger partial charge in [-0.05, 0) is 121 Å². The summed E-state index contributed by atoms with van der Waals surface area (Å²) < 4.78 is 4.73. The largest absolute Gasteiger partial charge is 0.310 e. The van der Waals surface area contributed by atoms with E-state index in [1.54, 1.807) is 0 Å². The van der Waals surface area contributed by atoms with Gasteiger partial charge in [0.1, 0.15) is 0 Å². The van der Waals surface area contributed by atoms with E-state index in [2.05, 4.69) is 249 Å². The van der Waals surface area contributed by atoms with Crippen molar-refractivity contribution < 1.29 is 0 Å². The van der Waals surface area contributed by atoms with Crippen molar-refractivity contribution in [1.29, 1.82) is 0 Å². The fourth-order valence-electron chi connectivity index (χ4n) is 8.71. The van der Waals surface area contributed by atoms with Crippen LogP contribution in [0.3, 0.4) is 0 Å². The Balaban J connectivity index is 1.04. The molecule has 0 atom stereocenters. The summed E-state index contributed by atoms with van der Waals surface area (Å²) >= 11 is 0. The number of fused-ring (bicyclic) bond motifs is 6. The highest BCUT2D eigenvalue weighted by molar-refractivity contribution is 6.12. The van der Waals surface area contributed by atoms with Crippen molar-refractivity contribution in [3.63, 3.8) is 0 Å². The summed E-state index contributed by atoms with van der Waals surface area (Å²) in [5, 5.41) is 4.89. The smallest absolute Gasteiger partial charge is 0.0542 e. The molecule has 0 bridgehead atoms. The van der Waals surface area contributed by atoms with Crippen LogP contribution >= 0.6 is 0 Å². The maximum Gasteiger partial charge on any atom is 0.0542 e. The van der Waals surface area contributed by atoms with Crippen LogP contribution in [0.5, 0.6) is 0 Å². The summed E-state index contributed by atoms with van der Waals surface area (Å²) in [6.07, 6.45) is 0. The van der Waals surface area contributed by atoms with E-state index in [4.69, 9.17) is 0 Å². The molecule has 0 saturated carbocycles. The molecule has 58 heavy (non-hydrogen) atoms. The number of anilines is 6. The molecule has 4 nitrogen and oxygen atoms in total. The molecule has 4 heteroatoms. The third-order valence-corrected chi connectivity index (χ3v) is 11.3. The molecule has 0 spiro atoms. The van der Waals surface area contributed by atoms with Crippen LogP contribution < -0.4 is 9.80 Å². The number of nitrogens with zero attached hydrogens (tertiary/aromatic N) is 4. The fourth-order valence-corrected chi connectivity index (χ4v) is 8.71. The summed E-state index contributed by atoms with van der Waals surface area (Å²) in [6, 6.07) is 82.7. The number of hydrogen-bond donors (Lipinski definition) is 0. The highest BCUT2D eigenvalue weighted by Crippen LogP contribution is 2.43. The van der Waals surface area contributed by atoms with Gasteiger partial charge < -0.3 is 18.9 Å². The van der Waals surface area contributed by atoms with E-state index in [9.17, 15) is 0 Å². The van der Waals surface area contributed by atoms with Crippen LogP contribution in [-0.4, -0.2) is 9.13 Å². The zero-order valence-corrected chi connectivity index (χ0v) is 31.7. The quantitative estimate of drug-likeness (QED) is 0.154. The Morgan fingerprint density at radius 3 is 0.914 bits per heavy atom. The van der Waals surface area contributed by atoms with Gasteiger partial charge in [0.15, 0.2) is 0 Å². The Kier molecular flexibility index (Phi) is 8.11. The van der Waals surface area contributed by atoms with Crippen LogP contribution in [0.15, 0.2) is 231 Å². The number of aromatic nitrogens is 2. The van der Waals surface area contributed by atoms with E-state index in [1.165, 1.54) is 43.6 Å². The molecule has 0 aliphatic carbocycles. The van der Waals surface area contributed by atoms with Gasteiger partial charge >= 0.3 is 0 Å². The summed E-state index contributed by atoms with van der Waals surface area (Å²) in [5.74, 6) is 0. The first kappa shape index (κ1) is 33.5. The first-order valence-electron chi connectivity index (χ1n) is 19.8. The first-order chi connectivity index (χ1) is 28.8. The molecule has 2 heterocycles. The predicted octanol–water partition coefficient (Wildman–Crippen LogP) is 14.8. The second-order valence-electron chi connectivity index (χ2n) is 14.6. The molecule has 0 fully saturated rings. The molecule has 0 aliphatic heterocycles. The lowest BCUT2D eigenvalue weighted by molar-refractivity contribution is 1.18. The zero-order chi connectivity index (χ0) is 38.4. The number of para-hydroxylation sites is 6. The van der Waals surface area contributed by atoms with E-state index >= 15 is 0 Å². The molecule has 11 aromatic rings. The van der Waals surface area contributed by atoms with Gasteiger partial charge in [-0.1, -0.05) is 109 Å². The summed E-state index contributed by atoms with van der Waals surface area (Å²) in [6.45, 7) is 0. The van der Waals surface area contributed by atoms with Gasteiger partial charge in [0.25, 0.3) is 0 Å². The van der Waals surface area contributed by atoms with Gasteiger partial charge in [-0.2, -0.15) is 0 Å². The third-order valence-electron chi connectivity index (χ3n) is 11.3. The van der Waals surface area contributed by atoms with Gasteiger partial charge in [-0.25, -0.2) is 0 Å².